The molecular weight excluding hydrogens is 196 g/mol. The van der Waals surface area contributed by atoms with Crippen LogP contribution in [0.3, 0.4) is 0 Å². The lowest BCUT2D eigenvalue weighted by molar-refractivity contribution is 1.78. The molecule has 3 heteroatoms. The van der Waals surface area contributed by atoms with Crippen LogP contribution < -0.4 is 0 Å². The van der Waals surface area contributed by atoms with Crippen molar-refractivity contribution in [2.24, 2.45) is 0 Å². The van der Waals surface area contributed by atoms with E-state index in [0.717, 1.165) is 13.9 Å². The Balaban J connectivity index is 2.90. The van der Waals surface area contributed by atoms with E-state index in [0.29, 0.717) is 0 Å². The first-order valence-electron chi connectivity index (χ1n) is 3.14. The number of thiol groups is 1. The minimum atomic E-state index is 0.813. The van der Waals surface area contributed by atoms with Gasteiger partial charge in [-0.2, -0.15) is 0 Å². The molecule has 0 N–H and O–H groups in total. The van der Waals surface area contributed by atoms with Crippen LogP contribution in [0.15, 0.2) is 28.5 Å². The number of rotatable bonds is 0. The Hall–Kier alpha value is -0.180. The SMILES string of the molecule is Sc1cc2cccc(Cl)c2s1. The molecule has 2 rings (SSSR count). The van der Waals surface area contributed by atoms with Gasteiger partial charge in [0.05, 0.1) is 13.9 Å². The van der Waals surface area contributed by atoms with Crippen LogP contribution >= 0.6 is 35.6 Å². The molecule has 0 fully saturated rings. The monoisotopic (exact) mass is 200 g/mol. The molecule has 1 heterocycles. The summed E-state index contributed by atoms with van der Waals surface area (Å²) in [6.07, 6.45) is 0. The van der Waals surface area contributed by atoms with Crippen LogP contribution in [0, 0.1) is 0 Å². The third-order valence-corrected chi connectivity index (χ3v) is 3.30. The molecule has 1 aromatic heterocycles. The van der Waals surface area contributed by atoms with Gasteiger partial charge in [-0.3, -0.25) is 0 Å². The fourth-order valence-electron chi connectivity index (χ4n) is 1.01. The summed E-state index contributed by atoms with van der Waals surface area (Å²) in [5.74, 6) is 0. The van der Waals surface area contributed by atoms with Gasteiger partial charge < -0.3 is 0 Å². The van der Waals surface area contributed by atoms with E-state index in [-0.39, 0.29) is 0 Å². The zero-order valence-corrected chi connectivity index (χ0v) is 8.01. The van der Waals surface area contributed by atoms with Gasteiger partial charge in [0, 0.05) is 0 Å². The molecule has 0 nitrogen and oxygen atoms in total. The number of hydrogen-bond acceptors (Lipinski definition) is 2. The van der Waals surface area contributed by atoms with E-state index in [9.17, 15) is 0 Å². The molecule has 0 unspecified atom stereocenters. The highest BCUT2D eigenvalue weighted by Crippen LogP contribution is 2.33. The lowest BCUT2D eigenvalue weighted by Gasteiger charge is -1.89. The molecule has 0 radical (unpaired) electrons. The van der Waals surface area contributed by atoms with Gasteiger partial charge in [-0.25, -0.2) is 0 Å². The number of hydrogen-bond donors (Lipinski definition) is 1. The van der Waals surface area contributed by atoms with Crippen molar-refractivity contribution in [3.8, 4) is 0 Å². The molecule has 11 heavy (non-hydrogen) atoms. The summed E-state index contributed by atoms with van der Waals surface area (Å²) >= 11 is 11.8. The molecule has 1 aromatic carbocycles. The average molecular weight is 201 g/mol. The summed E-state index contributed by atoms with van der Waals surface area (Å²) in [6, 6.07) is 7.91. The predicted molar refractivity (Wildman–Crippen MR) is 54.1 cm³/mol. The van der Waals surface area contributed by atoms with E-state index in [1.807, 2.05) is 24.3 Å². The van der Waals surface area contributed by atoms with E-state index in [4.69, 9.17) is 11.6 Å². The first-order chi connectivity index (χ1) is 5.27. The molecule has 0 saturated carbocycles. The number of thiophene rings is 1. The lowest BCUT2D eigenvalue weighted by Crippen LogP contribution is -1.62. The van der Waals surface area contributed by atoms with Crippen molar-refractivity contribution < 1.29 is 0 Å². The Morgan fingerprint density at radius 3 is 2.91 bits per heavy atom. The highest BCUT2D eigenvalue weighted by atomic mass is 35.5. The molecular formula is C8H5ClS2. The first kappa shape index (κ1) is 7.47. The van der Waals surface area contributed by atoms with Gasteiger partial charge in [0.25, 0.3) is 0 Å². The van der Waals surface area contributed by atoms with Crippen LogP contribution in [-0.4, -0.2) is 0 Å². The van der Waals surface area contributed by atoms with Gasteiger partial charge in [-0.15, -0.1) is 24.0 Å². The fraction of sp³-hybridized carbons (Fsp3) is 0. The van der Waals surface area contributed by atoms with E-state index < -0.39 is 0 Å². The quantitative estimate of drug-likeness (QED) is 0.614. The Bertz CT molecular complexity index is 392. The van der Waals surface area contributed by atoms with Gasteiger partial charge >= 0.3 is 0 Å². The van der Waals surface area contributed by atoms with E-state index in [2.05, 4.69) is 12.6 Å². The second-order valence-electron chi connectivity index (χ2n) is 2.24. The second kappa shape index (κ2) is 2.70. The maximum atomic E-state index is 5.95. The molecule has 0 aliphatic carbocycles. The molecule has 2 aromatic rings. The van der Waals surface area contributed by atoms with Crippen LogP contribution in [-0.2, 0) is 0 Å². The van der Waals surface area contributed by atoms with Crippen molar-refractivity contribution in [2.75, 3.05) is 0 Å². The number of fused-ring (bicyclic) bond motifs is 1. The topological polar surface area (TPSA) is 0 Å². The van der Waals surface area contributed by atoms with E-state index >= 15 is 0 Å². The van der Waals surface area contributed by atoms with E-state index in [1.54, 1.807) is 11.3 Å². The summed E-state index contributed by atoms with van der Waals surface area (Å²) in [7, 11) is 0. The van der Waals surface area contributed by atoms with Crippen molar-refractivity contribution in [3.63, 3.8) is 0 Å². The molecule has 0 atom stereocenters. The number of halogens is 1. The Morgan fingerprint density at radius 1 is 1.36 bits per heavy atom. The maximum Gasteiger partial charge on any atom is 0.0584 e. The van der Waals surface area contributed by atoms with Crippen molar-refractivity contribution in [1.82, 2.24) is 0 Å². The second-order valence-corrected chi connectivity index (χ2v) is 4.49. The Labute approximate surface area is 79.2 Å². The van der Waals surface area contributed by atoms with Crippen molar-refractivity contribution in [2.45, 2.75) is 4.21 Å². The molecule has 0 amide bonds. The predicted octanol–water partition coefficient (Wildman–Crippen LogP) is 3.84. The largest absolute Gasteiger partial charge is 0.133 e. The van der Waals surface area contributed by atoms with E-state index in [1.165, 1.54) is 5.39 Å². The van der Waals surface area contributed by atoms with Gasteiger partial charge in [0.15, 0.2) is 0 Å². The Morgan fingerprint density at radius 2 is 2.18 bits per heavy atom. The van der Waals surface area contributed by atoms with Crippen LogP contribution in [0.25, 0.3) is 10.1 Å². The molecule has 0 bridgehead atoms. The third-order valence-electron chi connectivity index (χ3n) is 1.48. The number of benzene rings is 1. The molecule has 0 spiro atoms. The minimum absolute atomic E-state index is 0.813. The van der Waals surface area contributed by atoms with Crippen LogP contribution in [0.4, 0.5) is 0 Å². The summed E-state index contributed by atoms with van der Waals surface area (Å²) in [5, 5.41) is 1.99. The Kier molecular flexibility index (Phi) is 1.83. The zero-order chi connectivity index (χ0) is 7.84. The van der Waals surface area contributed by atoms with Crippen molar-refractivity contribution >= 4 is 45.7 Å². The van der Waals surface area contributed by atoms with Crippen LogP contribution in [0.2, 0.25) is 5.02 Å². The van der Waals surface area contributed by atoms with Gasteiger partial charge in [0.1, 0.15) is 0 Å². The van der Waals surface area contributed by atoms with Crippen LogP contribution in [0.5, 0.6) is 0 Å². The third kappa shape index (κ3) is 1.26. The van der Waals surface area contributed by atoms with Crippen molar-refractivity contribution in [3.05, 3.63) is 29.3 Å². The minimum Gasteiger partial charge on any atom is -0.133 e. The maximum absolute atomic E-state index is 5.95. The normalized spacial score (nSPS) is 10.7. The summed E-state index contributed by atoms with van der Waals surface area (Å²) in [6.45, 7) is 0. The first-order valence-corrected chi connectivity index (χ1v) is 4.78. The van der Waals surface area contributed by atoms with Gasteiger partial charge in [-0.1, -0.05) is 23.7 Å². The summed E-state index contributed by atoms with van der Waals surface area (Å²) in [5.41, 5.74) is 0. The average Bonchev–Trinajstić information content (AvgIpc) is 2.31. The molecule has 0 aliphatic heterocycles. The highest BCUT2D eigenvalue weighted by molar-refractivity contribution is 7.83. The highest BCUT2D eigenvalue weighted by Gasteiger charge is 2.00. The summed E-state index contributed by atoms with van der Waals surface area (Å²) < 4.78 is 2.13. The molecule has 0 aliphatic rings. The molecule has 56 valence electrons. The summed E-state index contributed by atoms with van der Waals surface area (Å²) in [4.78, 5) is 0. The standard InChI is InChI=1S/C8H5ClS2/c9-6-3-1-2-5-4-7(10)11-8(5)6/h1-4,10H. The smallest absolute Gasteiger partial charge is 0.0584 e. The lowest BCUT2D eigenvalue weighted by atomic mass is 10.3. The molecule has 0 saturated heterocycles. The van der Waals surface area contributed by atoms with Gasteiger partial charge in [0.2, 0.25) is 0 Å². The van der Waals surface area contributed by atoms with Gasteiger partial charge in [-0.05, 0) is 17.5 Å². The fourth-order valence-corrected chi connectivity index (χ4v) is 2.53. The van der Waals surface area contributed by atoms with Crippen LogP contribution in [0.1, 0.15) is 0 Å². The zero-order valence-electron chi connectivity index (χ0n) is 5.54. The van der Waals surface area contributed by atoms with Crippen molar-refractivity contribution in [1.29, 1.82) is 0 Å².